The van der Waals surface area contributed by atoms with E-state index < -0.39 is 0 Å². The standard InChI is InChI=1S/C14H21NO/c1-11-5-3-6-12(2)14(11)10-15-9-13-7-4-8-16-13/h4-5,7-8,12,14-15H,3,6,9-10H2,1-2H3. The zero-order valence-electron chi connectivity index (χ0n) is 10.2. The van der Waals surface area contributed by atoms with Crippen molar-refractivity contribution in [3.8, 4) is 0 Å². The Labute approximate surface area is 97.7 Å². The molecule has 1 aliphatic rings. The first kappa shape index (κ1) is 11.5. The molecule has 2 nitrogen and oxygen atoms in total. The second-order valence-corrected chi connectivity index (χ2v) is 4.82. The van der Waals surface area contributed by atoms with Gasteiger partial charge in [-0.3, -0.25) is 0 Å². The molecule has 1 aromatic heterocycles. The van der Waals surface area contributed by atoms with Gasteiger partial charge in [-0.2, -0.15) is 0 Å². The third kappa shape index (κ3) is 2.76. The Morgan fingerprint density at radius 1 is 1.50 bits per heavy atom. The second-order valence-electron chi connectivity index (χ2n) is 4.82. The van der Waals surface area contributed by atoms with Crippen LogP contribution in [-0.2, 0) is 6.54 Å². The number of hydrogen-bond acceptors (Lipinski definition) is 2. The fraction of sp³-hybridized carbons (Fsp3) is 0.571. The Morgan fingerprint density at radius 2 is 2.38 bits per heavy atom. The van der Waals surface area contributed by atoms with E-state index in [4.69, 9.17) is 4.42 Å². The molecule has 0 saturated heterocycles. The maximum atomic E-state index is 5.30. The number of hydrogen-bond donors (Lipinski definition) is 1. The van der Waals surface area contributed by atoms with Gasteiger partial charge >= 0.3 is 0 Å². The van der Waals surface area contributed by atoms with Crippen LogP contribution < -0.4 is 5.32 Å². The predicted molar refractivity (Wildman–Crippen MR) is 66.1 cm³/mol. The van der Waals surface area contributed by atoms with E-state index >= 15 is 0 Å². The molecule has 1 N–H and O–H groups in total. The van der Waals surface area contributed by atoms with Gasteiger partial charge in [0, 0.05) is 6.54 Å². The Kier molecular flexibility index (Phi) is 3.83. The molecule has 88 valence electrons. The minimum atomic E-state index is 0.698. The van der Waals surface area contributed by atoms with E-state index in [1.807, 2.05) is 12.1 Å². The molecule has 0 radical (unpaired) electrons. The number of allylic oxidation sites excluding steroid dienone is 1. The topological polar surface area (TPSA) is 25.2 Å². The highest BCUT2D eigenvalue weighted by Crippen LogP contribution is 2.29. The van der Waals surface area contributed by atoms with Crippen molar-refractivity contribution in [1.29, 1.82) is 0 Å². The minimum absolute atomic E-state index is 0.698. The van der Waals surface area contributed by atoms with Gasteiger partial charge in [-0.15, -0.1) is 0 Å². The van der Waals surface area contributed by atoms with Crippen molar-refractivity contribution in [3.63, 3.8) is 0 Å². The van der Waals surface area contributed by atoms with Gasteiger partial charge in [0.15, 0.2) is 0 Å². The molecule has 1 aliphatic carbocycles. The van der Waals surface area contributed by atoms with Crippen LogP contribution in [0.3, 0.4) is 0 Å². The molecule has 2 heteroatoms. The van der Waals surface area contributed by atoms with E-state index in [0.717, 1.165) is 24.8 Å². The molecule has 0 spiro atoms. The Balaban J connectivity index is 1.80. The molecule has 0 saturated carbocycles. The zero-order chi connectivity index (χ0) is 11.4. The zero-order valence-corrected chi connectivity index (χ0v) is 10.2. The van der Waals surface area contributed by atoms with Crippen LogP contribution in [0.25, 0.3) is 0 Å². The summed E-state index contributed by atoms with van der Waals surface area (Å²) in [6.07, 6.45) is 6.69. The Morgan fingerprint density at radius 3 is 3.06 bits per heavy atom. The van der Waals surface area contributed by atoms with E-state index in [-0.39, 0.29) is 0 Å². The third-order valence-electron chi connectivity index (χ3n) is 3.60. The lowest BCUT2D eigenvalue weighted by Gasteiger charge is -2.28. The van der Waals surface area contributed by atoms with Gasteiger partial charge in [-0.25, -0.2) is 0 Å². The summed E-state index contributed by atoms with van der Waals surface area (Å²) in [5.41, 5.74) is 1.55. The van der Waals surface area contributed by atoms with E-state index in [1.165, 1.54) is 12.8 Å². The monoisotopic (exact) mass is 219 g/mol. The van der Waals surface area contributed by atoms with Crippen LogP contribution in [0.2, 0.25) is 0 Å². The summed E-state index contributed by atoms with van der Waals surface area (Å²) in [4.78, 5) is 0. The maximum absolute atomic E-state index is 5.30. The smallest absolute Gasteiger partial charge is 0.117 e. The van der Waals surface area contributed by atoms with E-state index in [1.54, 1.807) is 11.8 Å². The van der Waals surface area contributed by atoms with Crippen molar-refractivity contribution in [1.82, 2.24) is 5.32 Å². The highest BCUT2D eigenvalue weighted by molar-refractivity contribution is 5.09. The van der Waals surface area contributed by atoms with Crippen molar-refractivity contribution in [2.45, 2.75) is 33.2 Å². The number of furan rings is 1. The highest BCUT2D eigenvalue weighted by Gasteiger charge is 2.21. The van der Waals surface area contributed by atoms with Crippen molar-refractivity contribution in [3.05, 3.63) is 35.8 Å². The van der Waals surface area contributed by atoms with Crippen LogP contribution in [-0.4, -0.2) is 6.54 Å². The van der Waals surface area contributed by atoms with Gasteiger partial charge in [0.25, 0.3) is 0 Å². The highest BCUT2D eigenvalue weighted by atomic mass is 16.3. The summed E-state index contributed by atoms with van der Waals surface area (Å²) in [5.74, 6) is 2.52. The largest absolute Gasteiger partial charge is 0.468 e. The van der Waals surface area contributed by atoms with Crippen LogP contribution in [0, 0.1) is 11.8 Å². The van der Waals surface area contributed by atoms with Crippen molar-refractivity contribution < 1.29 is 4.42 Å². The van der Waals surface area contributed by atoms with Crippen LogP contribution in [0.4, 0.5) is 0 Å². The first-order chi connectivity index (χ1) is 7.77. The summed E-state index contributed by atoms with van der Waals surface area (Å²) >= 11 is 0. The first-order valence-electron chi connectivity index (χ1n) is 6.17. The SMILES string of the molecule is CC1=CCCC(C)C1CNCc1ccco1. The van der Waals surface area contributed by atoms with Gasteiger partial charge in [0.1, 0.15) is 5.76 Å². The molecule has 0 aromatic carbocycles. The molecule has 16 heavy (non-hydrogen) atoms. The first-order valence-corrected chi connectivity index (χ1v) is 6.17. The van der Waals surface area contributed by atoms with Crippen LogP contribution in [0.1, 0.15) is 32.4 Å². The minimum Gasteiger partial charge on any atom is -0.468 e. The summed E-state index contributed by atoms with van der Waals surface area (Å²) in [6.45, 7) is 6.51. The van der Waals surface area contributed by atoms with Crippen LogP contribution >= 0.6 is 0 Å². The summed E-state index contributed by atoms with van der Waals surface area (Å²) in [5, 5.41) is 3.48. The van der Waals surface area contributed by atoms with Crippen LogP contribution in [0.15, 0.2) is 34.5 Å². The van der Waals surface area contributed by atoms with Crippen molar-refractivity contribution in [2.75, 3.05) is 6.54 Å². The number of nitrogens with one attached hydrogen (secondary N) is 1. The Hall–Kier alpha value is -1.02. The fourth-order valence-corrected chi connectivity index (χ4v) is 2.50. The van der Waals surface area contributed by atoms with Crippen molar-refractivity contribution in [2.24, 2.45) is 11.8 Å². The molecule has 0 amide bonds. The van der Waals surface area contributed by atoms with Crippen LogP contribution in [0.5, 0.6) is 0 Å². The molecule has 0 aliphatic heterocycles. The van der Waals surface area contributed by atoms with Gasteiger partial charge in [-0.05, 0) is 43.7 Å². The average molecular weight is 219 g/mol. The molecular weight excluding hydrogens is 198 g/mol. The van der Waals surface area contributed by atoms with Gasteiger partial charge < -0.3 is 9.73 Å². The van der Waals surface area contributed by atoms with Gasteiger partial charge in [0.05, 0.1) is 12.8 Å². The second kappa shape index (κ2) is 5.35. The van der Waals surface area contributed by atoms with E-state index in [0.29, 0.717) is 5.92 Å². The molecule has 2 rings (SSSR count). The van der Waals surface area contributed by atoms with E-state index in [9.17, 15) is 0 Å². The lowest BCUT2D eigenvalue weighted by molar-refractivity contribution is 0.344. The average Bonchev–Trinajstić information content (AvgIpc) is 2.75. The quantitative estimate of drug-likeness (QED) is 0.785. The lowest BCUT2D eigenvalue weighted by atomic mass is 9.80. The summed E-state index contributed by atoms with van der Waals surface area (Å²) in [7, 11) is 0. The molecule has 2 atom stereocenters. The van der Waals surface area contributed by atoms with E-state index in [2.05, 4.69) is 25.2 Å². The molecule has 1 heterocycles. The molecular formula is C14H21NO. The molecule has 0 bridgehead atoms. The van der Waals surface area contributed by atoms with Crippen molar-refractivity contribution >= 4 is 0 Å². The summed E-state index contributed by atoms with van der Waals surface area (Å²) in [6, 6.07) is 3.95. The third-order valence-corrected chi connectivity index (χ3v) is 3.60. The van der Waals surface area contributed by atoms with Gasteiger partial charge in [-0.1, -0.05) is 18.6 Å². The fourth-order valence-electron chi connectivity index (χ4n) is 2.50. The molecule has 2 unspecified atom stereocenters. The Bertz CT molecular complexity index is 340. The number of rotatable bonds is 4. The molecule has 1 aromatic rings. The predicted octanol–water partition coefficient (Wildman–Crippen LogP) is 3.36. The normalized spacial score (nSPS) is 25.5. The lowest BCUT2D eigenvalue weighted by Crippen LogP contribution is -2.29. The summed E-state index contributed by atoms with van der Waals surface area (Å²) < 4.78 is 5.30. The molecule has 0 fully saturated rings. The van der Waals surface area contributed by atoms with Gasteiger partial charge in [0.2, 0.25) is 0 Å². The maximum Gasteiger partial charge on any atom is 0.117 e.